The molecule has 3 N–H and O–H groups in total. The summed E-state index contributed by atoms with van der Waals surface area (Å²) < 4.78 is 39.8. The third kappa shape index (κ3) is 3.24. The van der Waals surface area contributed by atoms with E-state index in [9.17, 15) is 12.8 Å². The van der Waals surface area contributed by atoms with Gasteiger partial charge in [0, 0.05) is 21.8 Å². The van der Waals surface area contributed by atoms with Gasteiger partial charge in [0.1, 0.15) is 5.82 Å². The maximum absolute atomic E-state index is 13.5. The van der Waals surface area contributed by atoms with Gasteiger partial charge in [0.15, 0.2) is 0 Å². The molecule has 2 aromatic rings. The number of nitrogens with two attached hydrogens (primary N) is 1. The SMILES string of the molecule is NCc1cc(S(=O)(=O)Nc2ccc(Cl)cc2F)cs1. The van der Waals surface area contributed by atoms with E-state index in [-0.39, 0.29) is 22.2 Å². The van der Waals surface area contributed by atoms with Crippen molar-refractivity contribution < 1.29 is 12.8 Å². The summed E-state index contributed by atoms with van der Waals surface area (Å²) in [5, 5.41) is 1.65. The van der Waals surface area contributed by atoms with Crippen molar-refractivity contribution in [3.63, 3.8) is 0 Å². The molecule has 8 heteroatoms. The van der Waals surface area contributed by atoms with E-state index in [4.69, 9.17) is 17.3 Å². The maximum Gasteiger partial charge on any atom is 0.262 e. The van der Waals surface area contributed by atoms with Gasteiger partial charge < -0.3 is 5.73 Å². The first-order valence-corrected chi connectivity index (χ1v) is 7.92. The lowest BCUT2D eigenvalue weighted by Crippen LogP contribution is -2.13. The largest absolute Gasteiger partial charge is 0.326 e. The van der Waals surface area contributed by atoms with Gasteiger partial charge in [-0.2, -0.15) is 0 Å². The van der Waals surface area contributed by atoms with Gasteiger partial charge in [-0.25, -0.2) is 12.8 Å². The Kier molecular flexibility index (Phi) is 4.10. The summed E-state index contributed by atoms with van der Waals surface area (Å²) in [5.74, 6) is -0.731. The van der Waals surface area contributed by atoms with Crippen LogP contribution in [0.5, 0.6) is 0 Å². The average molecular weight is 321 g/mol. The topological polar surface area (TPSA) is 72.2 Å². The molecule has 0 fully saturated rings. The number of sulfonamides is 1. The molecule has 0 aliphatic rings. The summed E-state index contributed by atoms with van der Waals surface area (Å²) in [5.41, 5.74) is 5.27. The van der Waals surface area contributed by atoms with Gasteiger partial charge in [0.05, 0.1) is 10.6 Å². The highest BCUT2D eigenvalue weighted by atomic mass is 35.5. The molecule has 2 rings (SSSR count). The van der Waals surface area contributed by atoms with Gasteiger partial charge in [-0.1, -0.05) is 11.6 Å². The van der Waals surface area contributed by atoms with Crippen molar-refractivity contribution in [2.75, 3.05) is 4.72 Å². The van der Waals surface area contributed by atoms with Crippen molar-refractivity contribution in [1.29, 1.82) is 0 Å². The van der Waals surface area contributed by atoms with Crippen molar-refractivity contribution in [3.8, 4) is 0 Å². The van der Waals surface area contributed by atoms with E-state index in [1.165, 1.54) is 34.9 Å². The Morgan fingerprint density at radius 1 is 1.37 bits per heavy atom. The van der Waals surface area contributed by atoms with Crippen LogP contribution in [0.1, 0.15) is 4.88 Å². The van der Waals surface area contributed by atoms with E-state index < -0.39 is 15.8 Å². The molecule has 0 saturated heterocycles. The Labute approximate surface area is 119 Å². The minimum atomic E-state index is -3.82. The first-order chi connectivity index (χ1) is 8.92. The Hall–Kier alpha value is -1.15. The number of thiophene rings is 1. The third-order valence-electron chi connectivity index (χ3n) is 2.32. The fourth-order valence-corrected chi connectivity index (χ4v) is 3.77. The van der Waals surface area contributed by atoms with Crippen LogP contribution >= 0.6 is 22.9 Å². The summed E-state index contributed by atoms with van der Waals surface area (Å²) in [6, 6.07) is 5.17. The smallest absolute Gasteiger partial charge is 0.262 e. The third-order valence-corrected chi connectivity index (χ3v) is 5.00. The zero-order valence-corrected chi connectivity index (χ0v) is 11.9. The molecule has 0 unspecified atom stereocenters. The second-order valence-electron chi connectivity index (χ2n) is 3.68. The fraction of sp³-hybridized carbons (Fsp3) is 0.0909. The van der Waals surface area contributed by atoms with Crippen molar-refractivity contribution in [2.45, 2.75) is 11.4 Å². The lowest BCUT2D eigenvalue weighted by Gasteiger charge is -2.07. The number of rotatable bonds is 4. The zero-order chi connectivity index (χ0) is 14.0. The van der Waals surface area contributed by atoms with Gasteiger partial charge >= 0.3 is 0 Å². The molecule has 0 spiro atoms. The predicted octanol–water partition coefficient (Wildman–Crippen LogP) is 2.80. The highest BCUT2D eigenvalue weighted by molar-refractivity contribution is 7.92. The van der Waals surface area contributed by atoms with Crippen LogP contribution < -0.4 is 10.5 Å². The van der Waals surface area contributed by atoms with E-state index in [1.54, 1.807) is 0 Å². The molecular weight excluding hydrogens is 311 g/mol. The molecule has 0 atom stereocenters. The molecule has 102 valence electrons. The minimum Gasteiger partial charge on any atom is -0.326 e. The summed E-state index contributed by atoms with van der Waals surface area (Å²) in [4.78, 5) is 0.796. The van der Waals surface area contributed by atoms with E-state index >= 15 is 0 Å². The Bertz CT molecular complexity index is 700. The summed E-state index contributed by atoms with van der Waals surface area (Å²) in [7, 11) is -3.82. The Morgan fingerprint density at radius 3 is 2.68 bits per heavy atom. The quantitative estimate of drug-likeness (QED) is 0.910. The van der Waals surface area contributed by atoms with E-state index in [0.29, 0.717) is 0 Å². The summed E-state index contributed by atoms with van der Waals surface area (Å²) >= 11 is 6.83. The van der Waals surface area contributed by atoms with Crippen LogP contribution in [0.25, 0.3) is 0 Å². The molecule has 0 amide bonds. The number of benzene rings is 1. The molecule has 0 aliphatic carbocycles. The van der Waals surface area contributed by atoms with Crippen LogP contribution in [0.15, 0.2) is 34.5 Å². The number of nitrogens with one attached hydrogen (secondary N) is 1. The monoisotopic (exact) mass is 320 g/mol. The van der Waals surface area contributed by atoms with Crippen molar-refractivity contribution >= 4 is 38.6 Å². The number of hydrogen-bond acceptors (Lipinski definition) is 4. The normalized spacial score (nSPS) is 11.5. The molecule has 0 radical (unpaired) electrons. The minimum absolute atomic E-state index is 0.0623. The van der Waals surface area contributed by atoms with Crippen molar-refractivity contribution in [3.05, 3.63) is 45.4 Å². The molecule has 19 heavy (non-hydrogen) atoms. The van der Waals surface area contributed by atoms with E-state index in [1.807, 2.05) is 0 Å². The highest BCUT2D eigenvalue weighted by Crippen LogP contribution is 2.24. The van der Waals surface area contributed by atoms with Gasteiger partial charge in [-0.15, -0.1) is 11.3 Å². The molecular formula is C11H10ClFN2O2S2. The van der Waals surface area contributed by atoms with Crippen LogP contribution in [0.3, 0.4) is 0 Å². The molecule has 0 bridgehead atoms. The molecule has 4 nitrogen and oxygen atoms in total. The zero-order valence-electron chi connectivity index (χ0n) is 9.56. The first kappa shape index (κ1) is 14.3. The molecule has 1 heterocycles. The molecule has 1 aromatic carbocycles. The number of anilines is 1. The lowest BCUT2D eigenvalue weighted by atomic mass is 10.3. The summed E-state index contributed by atoms with van der Waals surface area (Å²) in [6.07, 6.45) is 0. The fourth-order valence-electron chi connectivity index (χ4n) is 1.38. The molecule has 0 aliphatic heterocycles. The Balaban J connectivity index is 2.30. The van der Waals surface area contributed by atoms with Crippen LogP contribution in [0.2, 0.25) is 5.02 Å². The van der Waals surface area contributed by atoms with Crippen molar-refractivity contribution in [2.24, 2.45) is 5.73 Å². The number of halogens is 2. The predicted molar refractivity (Wildman–Crippen MR) is 74.4 cm³/mol. The molecule has 1 aromatic heterocycles. The van der Waals surface area contributed by atoms with Gasteiger partial charge in [0.25, 0.3) is 10.0 Å². The standard InChI is InChI=1S/C11H10ClFN2O2S2/c12-7-1-2-11(10(13)3-7)15-19(16,17)9-4-8(5-14)18-6-9/h1-4,6,15H,5,14H2. The van der Waals surface area contributed by atoms with E-state index in [0.717, 1.165) is 10.9 Å². The van der Waals surface area contributed by atoms with Gasteiger partial charge in [0.2, 0.25) is 0 Å². The van der Waals surface area contributed by atoms with Gasteiger partial charge in [-0.3, -0.25) is 4.72 Å². The summed E-state index contributed by atoms with van der Waals surface area (Å²) in [6.45, 7) is 0.259. The van der Waals surface area contributed by atoms with Crippen LogP contribution in [0, 0.1) is 5.82 Å². The van der Waals surface area contributed by atoms with Crippen LogP contribution in [-0.4, -0.2) is 8.42 Å². The van der Waals surface area contributed by atoms with Crippen LogP contribution in [0.4, 0.5) is 10.1 Å². The lowest BCUT2D eigenvalue weighted by molar-refractivity contribution is 0.599. The van der Waals surface area contributed by atoms with E-state index in [2.05, 4.69) is 4.72 Å². The van der Waals surface area contributed by atoms with Gasteiger partial charge in [-0.05, 0) is 24.3 Å². The average Bonchev–Trinajstić information content (AvgIpc) is 2.82. The second-order valence-corrected chi connectivity index (χ2v) is 6.80. The molecule has 0 saturated carbocycles. The highest BCUT2D eigenvalue weighted by Gasteiger charge is 2.18. The second kappa shape index (κ2) is 5.46. The number of hydrogen-bond donors (Lipinski definition) is 2. The first-order valence-electron chi connectivity index (χ1n) is 5.18. The maximum atomic E-state index is 13.5. The van der Waals surface area contributed by atoms with Crippen LogP contribution in [-0.2, 0) is 16.6 Å². The Morgan fingerprint density at radius 2 is 2.11 bits per heavy atom. The van der Waals surface area contributed by atoms with Crippen molar-refractivity contribution in [1.82, 2.24) is 0 Å².